The number of nitrogens with zero attached hydrogens (tertiary/aromatic N) is 2. The lowest BCUT2D eigenvalue weighted by atomic mass is 10.2. The largest absolute Gasteiger partial charge is 0.352 e. The number of hydrogen-bond donors (Lipinski definition) is 1. The number of aromatic nitrogens is 2. The third-order valence-electron chi connectivity index (χ3n) is 3.57. The van der Waals surface area contributed by atoms with Crippen molar-refractivity contribution in [1.82, 2.24) is 15.5 Å². The molecule has 1 aromatic heterocycles. The summed E-state index contributed by atoms with van der Waals surface area (Å²) in [4.78, 5) is 16.2. The predicted octanol–water partition coefficient (Wildman–Crippen LogP) is 4.29. The van der Waals surface area contributed by atoms with Gasteiger partial charge in [0, 0.05) is 35.0 Å². The Hall–Kier alpha value is -2.37. The second-order valence-electron chi connectivity index (χ2n) is 5.39. The van der Waals surface area contributed by atoms with Crippen LogP contribution in [0.15, 0.2) is 53.1 Å². The Kier molecular flexibility index (Phi) is 5.68. The standard InChI is InChI=1S/C18H15Cl2N3O2/c19-14-7-5-12(6-8-14)18-22-17(25-23-18)10-9-16(24)21-11-13-3-1-2-4-15(13)20/h1-8H,9-11H2,(H,21,24). The third kappa shape index (κ3) is 4.81. The van der Waals surface area contributed by atoms with Crippen LogP contribution in [0.25, 0.3) is 11.4 Å². The maximum Gasteiger partial charge on any atom is 0.227 e. The zero-order valence-corrected chi connectivity index (χ0v) is 14.7. The van der Waals surface area contributed by atoms with Crippen molar-refractivity contribution in [1.29, 1.82) is 0 Å². The molecule has 0 saturated carbocycles. The van der Waals surface area contributed by atoms with Gasteiger partial charge in [0.2, 0.25) is 17.6 Å². The molecule has 7 heteroatoms. The highest BCUT2D eigenvalue weighted by Gasteiger charge is 2.11. The molecule has 128 valence electrons. The number of benzene rings is 2. The smallest absolute Gasteiger partial charge is 0.227 e. The summed E-state index contributed by atoms with van der Waals surface area (Å²) in [5.41, 5.74) is 1.68. The molecular formula is C18H15Cl2N3O2. The zero-order chi connectivity index (χ0) is 17.6. The van der Waals surface area contributed by atoms with Crippen LogP contribution in [0, 0.1) is 0 Å². The van der Waals surface area contributed by atoms with Crippen LogP contribution >= 0.6 is 23.2 Å². The lowest BCUT2D eigenvalue weighted by Gasteiger charge is -2.05. The minimum atomic E-state index is -0.105. The van der Waals surface area contributed by atoms with Crippen LogP contribution in [-0.4, -0.2) is 16.0 Å². The van der Waals surface area contributed by atoms with E-state index in [1.807, 2.05) is 30.3 Å². The van der Waals surface area contributed by atoms with Crippen LogP contribution in [-0.2, 0) is 17.8 Å². The summed E-state index contributed by atoms with van der Waals surface area (Å²) >= 11 is 11.9. The Morgan fingerprint density at radius 3 is 2.60 bits per heavy atom. The quantitative estimate of drug-likeness (QED) is 0.697. The molecule has 1 amide bonds. The Labute approximate surface area is 155 Å². The van der Waals surface area contributed by atoms with Crippen LogP contribution in [0.1, 0.15) is 17.9 Å². The number of halogens is 2. The summed E-state index contributed by atoms with van der Waals surface area (Å²) in [5.74, 6) is 0.784. The van der Waals surface area contributed by atoms with E-state index in [-0.39, 0.29) is 12.3 Å². The van der Waals surface area contributed by atoms with E-state index in [4.69, 9.17) is 27.7 Å². The van der Waals surface area contributed by atoms with Crippen LogP contribution in [0.3, 0.4) is 0 Å². The highest BCUT2D eigenvalue weighted by molar-refractivity contribution is 6.31. The normalized spacial score (nSPS) is 10.6. The van der Waals surface area contributed by atoms with Crippen LogP contribution in [0.5, 0.6) is 0 Å². The second kappa shape index (κ2) is 8.14. The summed E-state index contributed by atoms with van der Waals surface area (Å²) in [6.45, 7) is 0.387. The first-order chi connectivity index (χ1) is 12.1. The van der Waals surface area contributed by atoms with Gasteiger partial charge in [-0.15, -0.1) is 0 Å². The average Bonchev–Trinajstić information content (AvgIpc) is 3.09. The number of rotatable bonds is 6. The summed E-state index contributed by atoms with van der Waals surface area (Å²) in [6, 6.07) is 14.5. The zero-order valence-electron chi connectivity index (χ0n) is 13.2. The van der Waals surface area contributed by atoms with E-state index in [0.29, 0.717) is 34.7 Å². The maximum absolute atomic E-state index is 12.0. The molecule has 1 N–H and O–H groups in total. The molecule has 0 aliphatic rings. The molecule has 0 atom stereocenters. The molecule has 0 unspecified atom stereocenters. The molecule has 5 nitrogen and oxygen atoms in total. The van der Waals surface area contributed by atoms with Gasteiger partial charge in [0.1, 0.15) is 0 Å². The Morgan fingerprint density at radius 1 is 1.08 bits per heavy atom. The summed E-state index contributed by atoms with van der Waals surface area (Å²) in [6.07, 6.45) is 0.627. The average molecular weight is 376 g/mol. The number of hydrogen-bond acceptors (Lipinski definition) is 4. The minimum absolute atomic E-state index is 0.105. The van der Waals surface area contributed by atoms with Crippen molar-refractivity contribution >= 4 is 29.1 Å². The lowest BCUT2D eigenvalue weighted by Crippen LogP contribution is -2.23. The highest BCUT2D eigenvalue weighted by Crippen LogP contribution is 2.19. The van der Waals surface area contributed by atoms with Crippen molar-refractivity contribution < 1.29 is 9.32 Å². The van der Waals surface area contributed by atoms with Gasteiger partial charge in [-0.25, -0.2) is 0 Å². The van der Waals surface area contributed by atoms with Gasteiger partial charge >= 0.3 is 0 Å². The van der Waals surface area contributed by atoms with E-state index in [2.05, 4.69) is 15.5 Å². The Bertz CT molecular complexity index is 863. The fraction of sp³-hybridized carbons (Fsp3) is 0.167. The van der Waals surface area contributed by atoms with Gasteiger partial charge in [-0.2, -0.15) is 4.98 Å². The molecule has 0 spiro atoms. The summed E-state index contributed by atoms with van der Waals surface area (Å²) < 4.78 is 5.19. The van der Waals surface area contributed by atoms with E-state index in [1.54, 1.807) is 18.2 Å². The number of nitrogens with one attached hydrogen (secondary N) is 1. The molecular weight excluding hydrogens is 361 g/mol. The van der Waals surface area contributed by atoms with Gasteiger partial charge in [-0.05, 0) is 35.9 Å². The van der Waals surface area contributed by atoms with Gasteiger partial charge in [0.05, 0.1) is 0 Å². The van der Waals surface area contributed by atoms with Gasteiger partial charge in [0.15, 0.2) is 0 Å². The molecule has 0 aliphatic carbocycles. The van der Waals surface area contributed by atoms with Gasteiger partial charge in [-0.3, -0.25) is 4.79 Å². The Balaban J connectivity index is 1.51. The first-order valence-electron chi connectivity index (χ1n) is 7.70. The van der Waals surface area contributed by atoms with Gasteiger partial charge < -0.3 is 9.84 Å². The van der Waals surface area contributed by atoms with Crippen molar-refractivity contribution in [3.05, 3.63) is 70.0 Å². The van der Waals surface area contributed by atoms with E-state index in [9.17, 15) is 4.79 Å². The van der Waals surface area contributed by atoms with Crippen molar-refractivity contribution in [2.45, 2.75) is 19.4 Å². The van der Waals surface area contributed by atoms with Crippen molar-refractivity contribution in [3.8, 4) is 11.4 Å². The van der Waals surface area contributed by atoms with Crippen LogP contribution in [0.4, 0.5) is 0 Å². The molecule has 0 radical (unpaired) electrons. The van der Waals surface area contributed by atoms with Crippen molar-refractivity contribution in [2.24, 2.45) is 0 Å². The summed E-state index contributed by atoms with van der Waals surface area (Å²) in [5, 5.41) is 8.02. The lowest BCUT2D eigenvalue weighted by molar-refractivity contribution is -0.121. The molecule has 3 aromatic rings. The van der Waals surface area contributed by atoms with Crippen LogP contribution < -0.4 is 5.32 Å². The minimum Gasteiger partial charge on any atom is -0.352 e. The number of aryl methyl sites for hydroxylation is 1. The molecule has 1 heterocycles. The van der Waals surface area contributed by atoms with E-state index in [0.717, 1.165) is 11.1 Å². The first kappa shape index (κ1) is 17.5. The Morgan fingerprint density at radius 2 is 1.84 bits per heavy atom. The third-order valence-corrected chi connectivity index (χ3v) is 4.19. The fourth-order valence-corrected chi connectivity index (χ4v) is 2.55. The first-order valence-corrected chi connectivity index (χ1v) is 8.46. The number of carbonyl (C=O) groups excluding carboxylic acids is 1. The SMILES string of the molecule is O=C(CCc1nc(-c2ccc(Cl)cc2)no1)NCc1ccccc1Cl. The predicted molar refractivity (Wildman–Crippen MR) is 96.4 cm³/mol. The molecule has 25 heavy (non-hydrogen) atoms. The van der Waals surface area contributed by atoms with Gasteiger partial charge in [0.25, 0.3) is 0 Å². The molecule has 3 rings (SSSR count). The number of carbonyl (C=O) groups is 1. The fourth-order valence-electron chi connectivity index (χ4n) is 2.22. The molecule has 0 bridgehead atoms. The molecule has 0 aliphatic heterocycles. The van der Waals surface area contributed by atoms with E-state index < -0.39 is 0 Å². The summed E-state index contributed by atoms with van der Waals surface area (Å²) in [7, 11) is 0. The topological polar surface area (TPSA) is 68.0 Å². The molecule has 2 aromatic carbocycles. The number of amides is 1. The van der Waals surface area contributed by atoms with Gasteiger partial charge in [-0.1, -0.05) is 46.6 Å². The maximum atomic E-state index is 12.0. The van der Waals surface area contributed by atoms with Crippen LogP contribution in [0.2, 0.25) is 10.0 Å². The van der Waals surface area contributed by atoms with E-state index >= 15 is 0 Å². The van der Waals surface area contributed by atoms with Crippen molar-refractivity contribution in [2.75, 3.05) is 0 Å². The van der Waals surface area contributed by atoms with E-state index in [1.165, 1.54) is 0 Å². The van der Waals surface area contributed by atoms with Crippen molar-refractivity contribution in [3.63, 3.8) is 0 Å². The monoisotopic (exact) mass is 375 g/mol. The molecule has 0 fully saturated rings. The highest BCUT2D eigenvalue weighted by atomic mass is 35.5. The second-order valence-corrected chi connectivity index (χ2v) is 6.23. The molecule has 0 saturated heterocycles.